The van der Waals surface area contributed by atoms with E-state index in [-0.39, 0.29) is 53.1 Å². The molecule has 1 N–H and O–H groups in total. The van der Waals surface area contributed by atoms with Gasteiger partial charge in [0.2, 0.25) is 0 Å². The zero-order valence-corrected chi connectivity index (χ0v) is 21.3. The second-order valence-corrected chi connectivity index (χ2v) is 11.9. The molecular formula is C24H36Cl2N2O5. The molecule has 5 aliphatic rings. The van der Waals surface area contributed by atoms with Gasteiger partial charge in [0, 0.05) is 51.1 Å². The summed E-state index contributed by atoms with van der Waals surface area (Å²) in [5, 5.41) is 1.73. The number of hydrogen-bond acceptors (Lipinski definition) is 7. The number of nitrogens with zero attached hydrogens (tertiary/aromatic N) is 1. The Morgan fingerprint density at radius 2 is 1.73 bits per heavy atom. The topological polar surface area (TPSA) is 77.1 Å². The quantitative estimate of drug-likeness (QED) is 0.469. The predicted octanol–water partition coefficient (Wildman–Crippen LogP) is 2.56. The normalized spacial score (nSPS) is 52.8. The Kier molecular flexibility index (Phi) is 6.65. The van der Waals surface area contributed by atoms with Crippen molar-refractivity contribution in [1.82, 2.24) is 10.4 Å². The summed E-state index contributed by atoms with van der Waals surface area (Å²) in [4.78, 5) is 28.4. The van der Waals surface area contributed by atoms with Gasteiger partial charge >= 0.3 is 0 Å². The van der Waals surface area contributed by atoms with Crippen molar-refractivity contribution in [3.05, 3.63) is 0 Å². The van der Waals surface area contributed by atoms with E-state index in [1.54, 1.807) is 14.2 Å². The number of hydrogen-bond donors (Lipinski definition) is 1. The highest BCUT2D eigenvalue weighted by atomic mass is 35.5. The third-order valence-corrected chi connectivity index (χ3v) is 10.1. The number of ketones is 2. The predicted molar refractivity (Wildman–Crippen MR) is 124 cm³/mol. The lowest BCUT2D eigenvalue weighted by atomic mass is 9.61. The van der Waals surface area contributed by atoms with Crippen LogP contribution in [0.1, 0.15) is 45.4 Å². The Morgan fingerprint density at radius 1 is 1.03 bits per heavy atom. The van der Waals surface area contributed by atoms with Gasteiger partial charge in [-0.25, -0.2) is 5.01 Å². The van der Waals surface area contributed by atoms with Crippen molar-refractivity contribution < 1.29 is 23.8 Å². The van der Waals surface area contributed by atoms with Crippen molar-refractivity contribution in [2.24, 2.45) is 23.7 Å². The van der Waals surface area contributed by atoms with Gasteiger partial charge in [0.05, 0.1) is 35.5 Å². The monoisotopic (exact) mass is 502 g/mol. The van der Waals surface area contributed by atoms with E-state index in [9.17, 15) is 9.59 Å². The summed E-state index contributed by atoms with van der Waals surface area (Å²) in [5.41, 5.74) is 2.07. The number of alkyl halides is 2. The molecule has 5 rings (SSSR count). The molecule has 0 amide bonds. The van der Waals surface area contributed by atoms with Gasteiger partial charge in [0.25, 0.3) is 0 Å². The smallest absolute Gasteiger partial charge is 0.188 e. The maximum absolute atomic E-state index is 14.4. The number of methoxy groups -OCH3 is 2. The van der Waals surface area contributed by atoms with Gasteiger partial charge in [-0.2, -0.15) is 0 Å². The molecule has 12 atom stereocenters. The lowest BCUT2D eigenvalue weighted by molar-refractivity contribution is -0.170. The summed E-state index contributed by atoms with van der Waals surface area (Å²) in [5.74, 6) is -1.04. The molecule has 2 aliphatic heterocycles. The summed E-state index contributed by atoms with van der Waals surface area (Å²) < 4.78 is 17.8. The van der Waals surface area contributed by atoms with Gasteiger partial charge in [-0.15, -0.1) is 23.2 Å². The van der Waals surface area contributed by atoms with E-state index < -0.39 is 23.0 Å². The Labute approximate surface area is 206 Å². The van der Waals surface area contributed by atoms with Gasteiger partial charge in [-0.1, -0.05) is 13.3 Å². The maximum Gasteiger partial charge on any atom is 0.188 e. The van der Waals surface area contributed by atoms with Crippen LogP contribution in [0.25, 0.3) is 0 Å². The fourth-order valence-electron chi connectivity index (χ4n) is 7.68. The van der Waals surface area contributed by atoms with E-state index in [2.05, 4.69) is 10.4 Å². The second kappa shape index (κ2) is 8.99. The highest BCUT2D eigenvalue weighted by molar-refractivity contribution is 6.23. The van der Waals surface area contributed by atoms with Crippen molar-refractivity contribution in [2.75, 3.05) is 21.3 Å². The van der Waals surface area contributed by atoms with E-state index in [0.717, 1.165) is 25.7 Å². The summed E-state index contributed by atoms with van der Waals surface area (Å²) in [6.07, 6.45) is 3.95. The zero-order chi connectivity index (χ0) is 23.7. The average Bonchev–Trinajstić information content (AvgIpc) is 3.28. The van der Waals surface area contributed by atoms with Crippen LogP contribution in [0.4, 0.5) is 0 Å². The molecule has 1 spiro atoms. The van der Waals surface area contributed by atoms with Crippen LogP contribution in [-0.2, 0) is 23.8 Å². The molecule has 0 aromatic heterocycles. The molecule has 33 heavy (non-hydrogen) atoms. The minimum absolute atomic E-state index is 0.000371. The molecular weight excluding hydrogens is 467 g/mol. The number of carbonyl (C=O) groups is 2. The summed E-state index contributed by atoms with van der Waals surface area (Å²) in [6, 6.07) is 0.00352. The molecule has 0 aromatic rings. The minimum Gasteiger partial charge on any atom is -0.380 e. The third kappa shape index (κ3) is 3.56. The van der Waals surface area contributed by atoms with Gasteiger partial charge in [0.15, 0.2) is 17.2 Å². The Balaban J connectivity index is 1.50. The molecule has 0 bridgehead atoms. The number of nitrogens with one attached hydrogen (secondary N) is 1. The Bertz CT molecular complexity index is 801. The highest BCUT2D eigenvalue weighted by Crippen LogP contribution is 2.53. The van der Waals surface area contributed by atoms with Crippen LogP contribution in [0.3, 0.4) is 0 Å². The molecule has 9 heteroatoms. The van der Waals surface area contributed by atoms with Crippen LogP contribution in [0.5, 0.6) is 0 Å². The molecule has 2 heterocycles. The SMILES string of the molecule is COC1CC(OC)C2C(=O)[C@@]3(OC2C1Cl)C(=O)C1C(C[C@H]3C)NN(C)C1C1CCCC(Cl)C1. The minimum atomic E-state index is -1.47. The lowest BCUT2D eigenvalue weighted by Gasteiger charge is -2.44. The first kappa shape index (κ1) is 24.4. The first-order chi connectivity index (χ1) is 15.7. The van der Waals surface area contributed by atoms with E-state index in [1.165, 1.54) is 0 Å². The van der Waals surface area contributed by atoms with Crippen LogP contribution in [0.2, 0.25) is 0 Å². The van der Waals surface area contributed by atoms with Gasteiger partial charge < -0.3 is 14.2 Å². The van der Waals surface area contributed by atoms with Crippen molar-refractivity contribution in [2.45, 2.75) is 92.2 Å². The zero-order valence-electron chi connectivity index (χ0n) is 19.8. The van der Waals surface area contributed by atoms with Crippen molar-refractivity contribution in [3.63, 3.8) is 0 Å². The van der Waals surface area contributed by atoms with E-state index >= 15 is 0 Å². The van der Waals surface area contributed by atoms with Crippen LogP contribution >= 0.6 is 23.2 Å². The van der Waals surface area contributed by atoms with Crippen molar-refractivity contribution in [3.8, 4) is 0 Å². The molecule has 0 radical (unpaired) electrons. The number of hydrazine groups is 1. The number of halogens is 2. The molecule has 186 valence electrons. The van der Waals surface area contributed by atoms with Crippen molar-refractivity contribution >= 4 is 34.8 Å². The summed E-state index contributed by atoms with van der Waals surface area (Å²) in [7, 11) is 5.22. The molecule has 10 unspecified atom stereocenters. The Morgan fingerprint density at radius 3 is 2.39 bits per heavy atom. The van der Waals surface area contributed by atoms with Crippen LogP contribution in [-0.4, -0.2) is 84.6 Å². The third-order valence-electron chi connectivity index (χ3n) is 9.21. The number of carbonyl (C=O) groups excluding carboxylic acids is 2. The summed E-state index contributed by atoms with van der Waals surface area (Å²) in [6.45, 7) is 1.96. The Hall–Kier alpha value is -0.280. The number of fused-ring (bicyclic) bond motifs is 2. The summed E-state index contributed by atoms with van der Waals surface area (Å²) >= 11 is 13.3. The lowest BCUT2D eigenvalue weighted by Crippen LogP contribution is -2.62. The molecule has 3 aliphatic carbocycles. The maximum atomic E-state index is 14.4. The van der Waals surface area contributed by atoms with E-state index in [1.807, 2.05) is 14.0 Å². The first-order valence-corrected chi connectivity index (χ1v) is 13.2. The van der Waals surface area contributed by atoms with Crippen LogP contribution in [0, 0.1) is 23.7 Å². The average molecular weight is 503 g/mol. The molecule has 0 aromatic carbocycles. The van der Waals surface area contributed by atoms with Crippen molar-refractivity contribution in [1.29, 1.82) is 0 Å². The van der Waals surface area contributed by atoms with E-state index in [4.69, 9.17) is 37.4 Å². The number of Topliss-reactive ketones (excluding diaryl/α,β-unsaturated/α-hetero) is 2. The number of rotatable bonds is 3. The van der Waals surface area contributed by atoms with E-state index in [0.29, 0.717) is 18.8 Å². The van der Waals surface area contributed by atoms with Gasteiger partial charge in [-0.05, 0) is 31.6 Å². The van der Waals surface area contributed by atoms with Gasteiger partial charge in [-0.3, -0.25) is 15.0 Å². The molecule has 7 nitrogen and oxygen atoms in total. The highest BCUT2D eigenvalue weighted by Gasteiger charge is 2.71. The number of ether oxygens (including phenoxy) is 3. The molecule has 3 saturated carbocycles. The molecule has 2 saturated heterocycles. The second-order valence-electron chi connectivity index (χ2n) is 10.8. The van der Waals surface area contributed by atoms with Crippen LogP contribution < -0.4 is 5.43 Å². The molecule has 5 fully saturated rings. The van der Waals surface area contributed by atoms with Gasteiger partial charge in [0.1, 0.15) is 0 Å². The van der Waals surface area contributed by atoms with Crippen LogP contribution in [0.15, 0.2) is 0 Å². The fourth-order valence-corrected chi connectivity index (χ4v) is 8.47. The first-order valence-electron chi connectivity index (χ1n) is 12.3. The standard InChI is InChI=1S/C24H36Cl2N2O5/c1-11-8-14-17(20(28(2)27-14)12-6-5-7-13(25)9-12)22(29)24(11)23(30)18-15(31-3)10-16(32-4)19(26)21(18)33-24/h11-21,27H,5-10H2,1-4H3/t11-,12?,13?,14?,15?,16?,17?,18?,19?,20?,21?,24+/m1/s1. The fraction of sp³-hybridized carbons (Fsp3) is 0.917. The largest absolute Gasteiger partial charge is 0.380 e.